The van der Waals surface area contributed by atoms with E-state index in [-0.39, 0.29) is 6.42 Å². The number of rotatable bonds is 6. The van der Waals surface area contributed by atoms with Gasteiger partial charge < -0.3 is 15.2 Å². The quantitative estimate of drug-likeness (QED) is 0.677. The highest BCUT2D eigenvalue weighted by molar-refractivity contribution is 5.76. The molecule has 0 atom stereocenters. The molecule has 5 heteroatoms. The fourth-order valence-electron chi connectivity index (χ4n) is 1.02. The third-order valence-corrected chi connectivity index (χ3v) is 1.71. The van der Waals surface area contributed by atoms with Gasteiger partial charge in [0.2, 0.25) is 5.91 Å². The van der Waals surface area contributed by atoms with Crippen molar-refractivity contribution in [1.82, 2.24) is 4.98 Å². The van der Waals surface area contributed by atoms with E-state index in [1.54, 1.807) is 25.4 Å². The maximum Gasteiger partial charge on any atom is 0.223 e. The van der Waals surface area contributed by atoms with E-state index >= 15 is 0 Å². The van der Waals surface area contributed by atoms with E-state index in [0.717, 1.165) is 0 Å². The van der Waals surface area contributed by atoms with E-state index in [4.69, 9.17) is 15.2 Å². The lowest BCUT2D eigenvalue weighted by Gasteiger charge is -2.05. The molecular weight excluding hydrogens is 196 g/mol. The third-order valence-electron chi connectivity index (χ3n) is 1.71. The fourth-order valence-corrected chi connectivity index (χ4v) is 1.02. The first-order chi connectivity index (χ1) is 7.22. The number of carbonyl (C=O) groups is 1. The van der Waals surface area contributed by atoms with Gasteiger partial charge in [0.25, 0.3) is 0 Å². The molecule has 0 aliphatic heterocycles. The Morgan fingerprint density at radius 2 is 2.27 bits per heavy atom. The number of ether oxygens (including phenoxy) is 2. The van der Waals surface area contributed by atoms with Gasteiger partial charge in [-0.05, 0) is 12.1 Å². The molecule has 0 aromatic carbocycles. The molecule has 1 heterocycles. The maximum absolute atomic E-state index is 10.6. The topological polar surface area (TPSA) is 74.4 Å². The molecular formula is C10H14N2O3. The molecule has 0 spiro atoms. The first kappa shape index (κ1) is 11.5. The minimum atomic E-state index is -0.393. The summed E-state index contributed by atoms with van der Waals surface area (Å²) in [5, 5.41) is 0. The van der Waals surface area contributed by atoms with Gasteiger partial charge in [0, 0.05) is 12.8 Å². The van der Waals surface area contributed by atoms with Crippen molar-refractivity contribution in [3.05, 3.63) is 24.0 Å². The van der Waals surface area contributed by atoms with Crippen LogP contribution in [0.1, 0.15) is 5.69 Å². The molecule has 15 heavy (non-hydrogen) atoms. The van der Waals surface area contributed by atoms with Crippen molar-refractivity contribution in [3.8, 4) is 5.75 Å². The molecule has 0 radical (unpaired) electrons. The lowest BCUT2D eigenvalue weighted by atomic mass is 10.2. The Balaban J connectivity index is 2.45. The van der Waals surface area contributed by atoms with Crippen molar-refractivity contribution in [1.29, 1.82) is 0 Å². The summed E-state index contributed by atoms with van der Waals surface area (Å²) in [4.78, 5) is 14.6. The van der Waals surface area contributed by atoms with Gasteiger partial charge in [0.1, 0.15) is 12.4 Å². The molecule has 0 fully saturated rings. The predicted molar refractivity (Wildman–Crippen MR) is 54.5 cm³/mol. The summed E-state index contributed by atoms with van der Waals surface area (Å²) in [7, 11) is 1.61. The number of amides is 1. The van der Waals surface area contributed by atoms with Gasteiger partial charge in [-0.25, -0.2) is 0 Å². The van der Waals surface area contributed by atoms with Gasteiger partial charge in [0.05, 0.1) is 19.2 Å². The van der Waals surface area contributed by atoms with Crippen molar-refractivity contribution < 1.29 is 14.3 Å². The van der Waals surface area contributed by atoms with Gasteiger partial charge in [0.15, 0.2) is 0 Å². The number of methoxy groups -OCH3 is 1. The monoisotopic (exact) mass is 210 g/mol. The number of hydrogen-bond acceptors (Lipinski definition) is 4. The second-order valence-corrected chi connectivity index (χ2v) is 2.97. The second-order valence-electron chi connectivity index (χ2n) is 2.97. The third kappa shape index (κ3) is 4.42. The van der Waals surface area contributed by atoms with E-state index in [2.05, 4.69) is 4.98 Å². The van der Waals surface area contributed by atoms with Crippen LogP contribution in [-0.2, 0) is 16.0 Å². The van der Waals surface area contributed by atoms with E-state index in [1.165, 1.54) is 0 Å². The Morgan fingerprint density at radius 1 is 1.47 bits per heavy atom. The maximum atomic E-state index is 10.6. The molecule has 0 aliphatic rings. The van der Waals surface area contributed by atoms with E-state index in [1.807, 2.05) is 0 Å². The Morgan fingerprint density at radius 3 is 2.80 bits per heavy atom. The van der Waals surface area contributed by atoms with Crippen molar-refractivity contribution in [2.75, 3.05) is 20.3 Å². The molecule has 1 aromatic rings. The van der Waals surface area contributed by atoms with Crippen LogP contribution in [0.5, 0.6) is 5.75 Å². The standard InChI is InChI=1S/C10H14N2O3/c1-14-4-5-15-9-3-2-8(12-7-9)6-10(11)13/h2-3,7H,4-6H2,1H3,(H2,11,13). The zero-order valence-electron chi connectivity index (χ0n) is 8.60. The summed E-state index contributed by atoms with van der Waals surface area (Å²) in [6.07, 6.45) is 1.71. The van der Waals surface area contributed by atoms with Crippen LogP contribution in [0.25, 0.3) is 0 Å². The SMILES string of the molecule is COCCOc1ccc(CC(N)=O)nc1. The van der Waals surface area contributed by atoms with Crippen LogP contribution < -0.4 is 10.5 Å². The molecule has 0 saturated carbocycles. The number of primary amides is 1. The largest absolute Gasteiger partial charge is 0.490 e. The summed E-state index contributed by atoms with van der Waals surface area (Å²) in [6, 6.07) is 3.47. The van der Waals surface area contributed by atoms with Crippen LogP contribution in [0.3, 0.4) is 0 Å². The van der Waals surface area contributed by atoms with Crippen LogP contribution >= 0.6 is 0 Å². The summed E-state index contributed by atoms with van der Waals surface area (Å²) < 4.78 is 10.1. The summed E-state index contributed by atoms with van der Waals surface area (Å²) in [5.41, 5.74) is 5.67. The lowest BCUT2D eigenvalue weighted by Crippen LogP contribution is -2.14. The number of carbonyl (C=O) groups excluding carboxylic acids is 1. The van der Waals surface area contributed by atoms with E-state index < -0.39 is 5.91 Å². The molecule has 2 N–H and O–H groups in total. The van der Waals surface area contributed by atoms with E-state index in [0.29, 0.717) is 24.7 Å². The van der Waals surface area contributed by atoms with Gasteiger partial charge in [-0.2, -0.15) is 0 Å². The first-order valence-electron chi connectivity index (χ1n) is 4.57. The van der Waals surface area contributed by atoms with Crippen LogP contribution in [0.2, 0.25) is 0 Å². The molecule has 0 unspecified atom stereocenters. The van der Waals surface area contributed by atoms with Gasteiger partial charge in [-0.15, -0.1) is 0 Å². The highest BCUT2D eigenvalue weighted by atomic mass is 16.5. The normalized spacial score (nSPS) is 9.93. The Kier molecular flexibility index (Phi) is 4.56. The molecule has 5 nitrogen and oxygen atoms in total. The fraction of sp³-hybridized carbons (Fsp3) is 0.400. The Labute approximate surface area is 88.2 Å². The molecule has 1 aromatic heterocycles. The number of hydrogen-bond donors (Lipinski definition) is 1. The Hall–Kier alpha value is -1.62. The summed E-state index contributed by atoms with van der Waals surface area (Å²) in [6.45, 7) is 1.01. The van der Waals surface area contributed by atoms with Crippen molar-refractivity contribution >= 4 is 5.91 Å². The average molecular weight is 210 g/mol. The molecule has 0 saturated heterocycles. The summed E-state index contributed by atoms with van der Waals surface area (Å²) >= 11 is 0. The Bertz CT molecular complexity index is 311. The average Bonchev–Trinajstić information content (AvgIpc) is 2.20. The number of nitrogens with zero attached hydrogens (tertiary/aromatic N) is 1. The molecule has 1 amide bonds. The second kappa shape index (κ2) is 5.98. The van der Waals surface area contributed by atoms with Crippen molar-refractivity contribution in [2.24, 2.45) is 5.73 Å². The van der Waals surface area contributed by atoms with Gasteiger partial charge >= 0.3 is 0 Å². The van der Waals surface area contributed by atoms with Crippen LogP contribution in [-0.4, -0.2) is 31.2 Å². The minimum Gasteiger partial charge on any atom is -0.490 e. The highest BCUT2D eigenvalue weighted by Crippen LogP contribution is 2.09. The lowest BCUT2D eigenvalue weighted by molar-refractivity contribution is -0.117. The zero-order valence-corrected chi connectivity index (χ0v) is 8.60. The molecule has 0 bridgehead atoms. The first-order valence-corrected chi connectivity index (χ1v) is 4.57. The number of pyridine rings is 1. The predicted octanol–water partition coefficient (Wildman–Crippen LogP) is 0.135. The van der Waals surface area contributed by atoms with Gasteiger partial charge in [-0.3, -0.25) is 9.78 Å². The van der Waals surface area contributed by atoms with E-state index in [9.17, 15) is 4.79 Å². The number of aromatic nitrogens is 1. The van der Waals surface area contributed by atoms with Crippen LogP contribution in [0.4, 0.5) is 0 Å². The highest BCUT2D eigenvalue weighted by Gasteiger charge is 2.00. The van der Waals surface area contributed by atoms with Crippen LogP contribution in [0, 0.1) is 0 Å². The smallest absolute Gasteiger partial charge is 0.223 e. The number of nitrogens with two attached hydrogens (primary N) is 1. The summed E-state index contributed by atoms with van der Waals surface area (Å²) in [5.74, 6) is 0.260. The van der Waals surface area contributed by atoms with Crippen molar-refractivity contribution in [2.45, 2.75) is 6.42 Å². The minimum absolute atomic E-state index is 0.151. The molecule has 82 valence electrons. The molecule has 0 aliphatic carbocycles. The zero-order chi connectivity index (χ0) is 11.1. The van der Waals surface area contributed by atoms with Gasteiger partial charge in [-0.1, -0.05) is 0 Å². The molecule has 1 rings (SSSR count). The van der Waals surface area contributed by atoms with Crippen molar-refractivity contribution in [3.63, 3.8) is 0 Å². The van der Waals surface area contributed by atoms with Crippen LogP contribution in [0.15, 0.2) is 18.3 Å².